The molecule has 6 heteroatoms. The summed E-state index contributed by atoms with van der Waals surface area (Å²) in [6.45, 7) is 5.88. The van der Waals surface area contributed by atoms with Gasteiger partial charge in [-0.25, -0.2) is 9.97 Å². The number of fused-ring (bicyclic) bond motifs is 1. The lowest BCUT2D eigenvalue weighted by Crippen LogP contribution is -2.49. The van der Waals surface area contributed by atoms with E-state index >= 15 is 0 Å². The number of ether oxygens (including phenoxy) is 1. The Kier molecular flexibility index (Phi) is 3.45. The summed E-state index contributed by atoms with van der Waals surface area (Å²) in [5.41, 5.74) is 0.899. The minimum Gasteiger partial charge on any atom is -0.375 e. The van der Waals surface area contributed by atoms with Crippen LogP contribution in [0.25, 0.3) is 5.65 Å². The zero-order valence-electron chi connectivity index (χ0n) is 11.1. The summed E-state index contributed by atoms with van der Waals surface area (Å²) in [7, 11) is 0. The van der Waals surface area contributed by atoms with E-state index in [-0.39, 0.29) is 6.10 Å². The lowest BCUT2D eigenvalue weighted by atomic mass is 10.1. The molecule has 2 aromatic rings. The topological polar surface area (TPSA) is 42.7 Å². The summed E-state index contributed by atoms with van der Waals surface area (Å²) in [5, 5.41) is 0. The summed E-state index contributed by atoms with van der Waals surface area (Å²) >= 11 is 3.47. The van der Waals surface area contributed by atoms with Crippen LogP contribution < -0.4 is 4.90 Å². The highest BCUT2D eigenvalue weighted by atomic mass is 79.9. The van der Waals surface area contributed by atoms with Gasteiger partial charge in [0, 0.05) is 25.1 Å². The molecule has 19 heavy (non-hydrogen) atoms. The molecule has 0 aliphatic carbocycles. The van der Waals surface area contributed by atoms with Gasteiger partial charge in [-0.3, -0.25) is 0 Å². The van der Waals surface area contributed by atoms with E-state index in [2.05, 4.69) is 44.6 Å². The van der Waals surface area contributed by atoms with Crippen molar-refractivity contribution in [2.45, 2.75) is 32.4 Å². The third kappa shape index (κ3) is 2.34. The van der Waals surface area contributed by atoms with Crippen molar-refractivity contribution in [3.63, 3.8) is 0 Å². The number of hydrogen-bond acceptors (Lipinski definition) is 4. The van der Waals surface area contributed by atoms with Crippen molar-refractivity contribution in [1.29, 1.82) is 0 Å². The Morgan fingerprint density at radius 3 is 3.16 bits per heavy atom. The minimum absolute atomic E-state index is 0.221. The third-order valence-corrected chi connectivity index (χ3v) is 3.92. The van der Waals surface area contributed by atoms with Crippen molar-refractivity contribution in [2.75, 3.05) is 18.1 Å². The molecule has 2 aromatic heterocycles. The van der Waals surface area contributed by atoms with E-state index in [1.165, 1.54) is 0 Å². The molecule has 0 N–H and O–H groups in total. The van der Waals surface area contributed by atoms with Crippen LogP contribution in [0.5, 0.6) is 0 Å². The lowest BCUT2D eigenvalue weighted by Gasteiger charge is -2.39. The van der Waals surface area contributed by atoms with Gasteiger partial charge in [-0.2, -0.15) is 0 Å². The van der Waals surface area contributed by atoms with Crippen LogP contribution in [0.3, 0.4) is 0 Å². The molecule has 0 amide bonds. The molecule has 5 nitrogen and oxygen atoms in total. The maximum absolute atomic E-state index is 5.75. The van der Waals surface area contributed by atoms with E-state index in [1.54, 1.807) is 6.20 Å². The first kappa shape index (κ1) is 12.9. The van der Waals surface area contributed by atoms with Crippen molar-refractivity contribution < 1.29 is 4.74 Å². The van der Waals surface area contributed by atoms with Crippen LogP contribution in [-0.4, -0.2) is 39.7 Å². The van der Waals surface area contributed by atoms with Crippen LogP contribution in [0, 0.1) is 0 Å². The summed E-state index contributed by atoms with van der Waals surface area (Å²) in [4.78, 5) is 11.4. The fourth-order valence-corrected chi connectivity index (χ4v) is 2.91. The Bertz CT molecular complexity index is 585. The molecule has 0 spiro atoms. The van der Waals surface area contributed by atoms with Gasteiger partial charge in [0.2, 0.25) is 0 Å². The van der Waals surface area contributed by atoms with Gasteiger partial charge in [0.15, 0.2) is 11.5 Å². The highest BCUT2D eigenvalue weighted by molar-refractivity contribution is 9.10. The fourth-order valence-electron chi connectivity index (χ4n) is 2.52. The standard InChI is InChI=1S/C13H17BrN4O/c1-3-10-8-19-9(2)6-18(10)13-12-15-4-5-17(12)7-11(14)16-13/h4-5,7,9-10H,3,6,8H2,1-2H3. The Labute approximate surface area is 120 Å². The molecule has 1 aliphatic rings. The highest BCUT2D eigenvalue weighted by Gasteiger charge is 2.28. The number of anilines is 1. The summed E-state index contributed by atoms with van der Waals surface area (Å²) in [6.07, 6.45) is 6.93. The summed E-state index contributed by atoms with van der Waals surface area (Å²) in [5.74, 6) is 0.932. The first-order chi connectivity index (χ1) is 9.19. The van der Waals surface area contributed by atoms with Gasteiger partial charge in [-0.1, -0.05) is 6.92 Å². The van der Waals surface area contributed by atoms with Gasteiger partial charge in [0.05, 0.1) is 18.8 Å². The number of morpholine rings is 1. The zero-order chi connectivity index (χ0) is 13.4. The van der Waals surface area contributed by atoms with E-state index < -0.39 is 0 Å². The molecule has 3 heterocycles. The maximum atomic E-state index is 5.75. The molecule has 2 atom stereocenters. The predicted octanol–water partition coefficient (Wildman–Crippen LogP) is 2.50. The van der Waals surface area contributed by atoms with Gasteiger partial charge in [0.25, 0.3) is 0 Å². The number of nitrogens with zero attached hydrogens (tertiary/aromatic N) is 4. The quantitative estimate of drug-likeness (QED) is 0.851. The Morgan fingerprint density at radius 1 is 1.53 bits per heavy atom. The second-order valence-electron chi connectivity index (χ2n) is 4.90. The molecule has 102 valence electrons. The van der Waals surface area contributed by atoms with E-state index in [1.807, 2.05) is 16.8 Å². The minimum atomic E-state index is 0.221. The van der Waals surface area contributed by atoms with E-state index in [4.69, 9.17) is 4.74 Å². The van der Waals surface area contributed by atoms with Gasteiger partial charge >= 0.3 is 0 Å². The Balaban J connectivity index is 2.08. The molecule has 1 fully saturated rings. The molecule has 0 saturated carbocycles. The van der Waals surface area contributed by atoms with Crippen LogP contribution in [-0.2, 0) is 4.74 Å². The maximum Gasteiger partial charge on any atom is 0.180 e. The average Bonchev–Trinajstić information content (AvgIpc) is 2.85. The first-order valence-electron chi connectivity index (χ1n) is 6.56. The van der Waals surface area contributed by atoms with Crippen molar-refractivity contribution in [1.82, 2.24) is 14.4 Å². The molecule has 1 saturated heterocycles. The number of hydrogen-bond donors (Lipinski definition) is 0. The number of halogens is 1. The van der Waals surface area contributed by atoms with Crippen molar-refractivity contribution >= 4 is 27.4 Å². The van der Waals surface area contributed by atoms with Crippen LogP contribution in [0.1, 0.15) is 20.3 Å². The molecule has 1 aliphatic heterocycles. The van der Waals surface area contributed by atoms with Gasteiger partial charge < -0.3 is 14.0 Å². The second-order valence-corrected chi connectivity index (χ2v) is 5.72. The molecule has 0 aromatic carbocycles. The second kappa shape index (κ2) is 5.09. The number of imidazole rings is 1. The summed E-state index contributed by atoms with van der Waals surface area (Å²) in [6, 6.07) is 0.360. The van der Waals surface area contributed by atoms with Gasteiger partial charge in [0.1, 0.15) is 4.60 Å². The lowest BCUT2D eigenvalue weighted by molar-refractivity contribution is 0.0297. The van der Waals surface area contributed by atoms with Crippen LogP contribution in [0.15, 0.2) is 23.2 Å². The van der Waals surface area contributed by atoms with E-state index in [0.717, 1.165) is 35.6 Å². The zero-order valence-corrected chi connectivity index (χ0v) is 12.7. The van der Waals surface area contributed by atoms with Crippen LogP contribution in [0.2, 0.25) is 0 Å². The normalized spacial score (nSPS) is 24.1. The van der Waals surface area contributed by atoms with Gasteiger partial charge in [-0.05, 0) is 29.3 Å². The average molecular weight is 325 g/mol. The Hall–Kier alpha value is -1.14. The van der Waals surface area contributed by atoms with E-state index in [0.29, 0.717) is 6.04 Å². The van der Waals surface area contributed by atoms with Crippen molar-refractivity contribution in [3.05, 3.63) is 23.2 Å². The molecular formula is C13H17BrN4O. The molecule has 0 bridgehead atoms. The molecule has 2 unspecified atom stereocenters. The number of aromatic nitrogens is 3. The third-order valence-electron chi connectivity index (χ3n) is 3.54. The predicted molar refractivity (Wildman–Crippen MR) is 77.5 cm³/mol. The first-order valence-corrected chi connectivity index (χ1v) is 7.35. The monoisotopic (exact) mass is 324 g/mol. The fraction of sp³-hybridized carbons (Fsp3) is 0.538. The van der Waals surface area contributed by atoms with Crippen LogP contribution >= 0.6 is 15.9 Å². The molecule has 3 rings (SSSR count). The smallest absolute Gasteiger partial charge is 0.180 e. The molecular weight excluding hydrogens is 308 g/mol. The van der Waals surface area contributed by atoms with Crippen LogP contribution in [0.4, 0.5) is 5.82 Å². The SMILES string of the molecule is CCC1COC(C)CN1c1nc(Br)cn2ccnc12. The Morgan fingerprint density at radius 2 is 2.37 bits per heavy atom. The molecule has 0 radical (unpaired) electrons. The number of rotatable bonds is 2. The van der Waals surface area contributed by atoms with Gasteiger partial charge in [-0.15, -0.1) is 0 Å². The van der Waals surface area contributed by atoms with E-state index in [9.17, 15) is 0 Å². The largest absolute Gasteiger partial charge is 0.375 e. The van der Waals surface area contributed by atoms with Crippen molar-refractivity contribution in [2.24, 2.45) is 0 Å². The summed E-state index contributed by atoms with van der Waals surface area (Å²) < 4.78 is 8.57. The highest BCUT2D eigenvalue weighted by Crippen LogP contribution is 2.26. The van der Waals surface area contributed by atoms with Crippen molar-refractivity contribution in [3.8, 4) is 0 Å².